The lowest BCUT2D eigenvalue weighted by Crippen LogP contribution is -2.18. The van der Waals surface area contributed by atoms with Crippen molar-refractivity contribution >= 4 is 5.82 Å². The number of nitrogens with one attached hydrogen (secondary N) is 1. The van der Waals surface area contributed by atoms with Gasteiger partial charge in [0.25, 0.3) is 0 Å². The van der Waals surface area contributed by atoms with Gasteiger partial charge in [0.15, 0.2) is 0 Å². The molecule has 1 N–H and O–H groups in total. The lowest BCUT2D eigenvalue weighted by molar-refractivity contribution is 0.128. The summed E-state index contributed by atoms with van der Waals surface area (Å²) in [6.45, 7) is 2.75. The first-order valence-electron chi connectivity index (χ1n) is 3.85. The van der Waals surface area contributed by atoms with Crippen LogP contribution in [0.5, 0.6) is 0 Å². The van der Waals surface area contributed by atoms with Gasteiger partial charge in [-0.3, -0.25) is 0 Å². The Kier molecular flexibility index (Phi) is 3.47. The minimum atomic E-state index is 0.194. The summed E-state index contributed by atoms with van der Waals surface area (Å²) in [7, 11) is 1.69. The van der Waals surface area contributed by atoms with Gasteiger partial charge in [0, 0.05) is 19.9 Å². The van der Waals surface area contributed by atoms with Gasteiger partial charge in [0.05, 0.1) is 6.10 Å². The lowest BCUT2D eigenvalue weighted by Gasteiger charge is -2.10. The van der Waals surface area contributed by atoms with Gasteiger partial charge in [-0.15, -0.1) is 0 Å². The van der Waals surface area contributed by atoms with Crippen molar-refractivity contribution in [2.24, 2.45) is 0 Å². The lowest BCUT2D eigenvalue weighted by atomic mass is 10.4. The van der Waals surface area contributed by atoms with E-state index < -0.39 is 0 Å². The first kappa shape index (κ1) is 8.93. The quantitative estimate of drug-likeness (QED) is 0.724. The maximum atomic E-state index is 5.07. The Hall–Kier alpha value is -1.16. The molecule has 1 aromatic heterocycles. The summed E-state index contributed by atoms with van der Waals surface area (Å²) in [5, 5.41) is 3.12. The van der Waals surface area contributed by atoms with E-state index in [9.17, 15) is 0 Å². The van der Waals surface area contributed by atoms with E-state index in [0.717, 1.165) is 12.4 Å². The molecule has 0 amide bonds. The van der Waals surface area contributed by atoms with Crippen LogP contribution in [0, 0.1) is 0 Å². The van der Waals surface area contributed by atoms with E-state index in [1.54, 1.807) is 13.3 Å². The third-order valence-electron chi connectivity index (χ3n) is 1.55. The molecule has 4 heteroatoms. The number of nitrogens with zero attached hydrogens (tertiary/aromatic N) is 2. The van der Waals surface area contributed by atoms with E-state index in [4.69, 9.17) is 4.74 Å². The van der Waals surface area contributed by atoms with Crippen LogP contribution in [-0.4, -0.2) is 29.7 Å². The molecule has 1 heterocycles. The minimum absolute atomic E-state index is 0.194. The van der Waals surface area contributed by atoms with Gasteiger partial charge < -0.3 is 10.1 Å². The predicted octanol–water partition coefficient (Wildman–Crippen LogP) is 0.923. The number of rotatable bonds is 4. The molecule has 0 aliphatic carbocycles. The fourth-order valence-electron chi connectivity index (χ4n) is 0.727. The van der Waals surface area contributed by atoms with E-state index in [-0.39, 0.29) is 6.10 Å². The van der Waals surface area contributed by atoms with Crippen LogP contribution in [0.1, 0.15) is 6.92 Å². The molecular weight excluding hydrogens is 154 g/mol. The molecule has 4 nitrogen and oxygen atoms in total. The highest BCUT2D eigenvalue weighted by atomic mass is 16.5. The van der Waals surface area contributed by atoms with Crippen molar-refractivity contribution in [3.05, 3.63) is 18.6 Å². The molecule has 0 aliphatic heterocycles. The second-order valence-electron chi connectivity index (χ2n) is 2.52. The highest BCUT2D eigenvalue weighted by Crippen LogP contribution is 1.98. The number of hydrogen-bond acceptors (Lipinski definition) is 4. The monoisotopic (exact) mass is 167 g/mol. The molecule has 0 bridgehead atoms. The van der Waals surface area contributed by atoms with Crippen LogP contribution in [0.25, 0.3) is 0 Å². The van der Waals surface area contributed by atoms with Crippen LogP contribution in [0.15, 0.2) is 18.6 Å². The molecule has 0 saturated heterocycles. The van der Waals surface area contributed by atoms with Crippen molar-refractivity contribution < 1.29 is 4.74 Å². The molecule has 0 aliphatic rings. The number of ether oxygens (including phenoxy) is 1. The zero-order chi connectivity index (χ0) is 8.81. The summed E-state index contributed by atoms with van der Waals surface area (Å²) in [5.41, 5.74) is 0. The molecule has 1 rings (SSSR count). The largest absolute Gasteiger partial charge is 0.380 e. The Balaban J connectivity index is 2.33. The normalized spacial score (nSPS) is 12.5. The number of anilines is 1. The summed E-state index contributed by atoms with van der Waals surface area (Å²) in [5.74, 6) is 0.828. The van der Waals surface area contributed by atoms with E-state index in [2.05, 4.69) is 15.3 Å². The Morgan fingerprint density at radius 2 is 2.50 bits per heavy atom. The van der Waals surface area contributed by atoms with E-state index in [1.165, 1.54) is 6.33 Å². The molecule has 1 atom stereocenters. The van der Waals surface area contributed by atoms with Crippen LogP contribution >= 0.6 is 0 Å². The molecule has 66 valence electrons. The predicted molar refractivity (Wildman–Crippen MR) is 47.0 cm³/mol. The van der Waals surface area contributed by atoms with E-state index >= 15 is 0 Å². The van der Waals surface area contributed by atoms with Crippen molar-refractivity contribution in [1.29, 1.82) is 0 Å². The molecule has 12 heavy (non-hydrogen) atoms. The maximum Gasteiger partial charge on any atom is 0.129 e. The second kappa shape index (κ2) is 4.66. The molecule has 0 aromatic carbocycles. The van der Waals surface area contributed by atoms with E-state index in [1.807, 2.05) is 13.0 Å². The summed E-state index contributed by atoms with van der Waals surface area (Å²) < 4.78 is 5.07. The Morgan fingerprint density at radius 3 is 3.08 bits per heavy atom. The molecule has 0 spiro atoms. The average Bonchev–Trinajstić information content (AvgIpc) is 2.16. The molecule has 0 radical (unpaired) electrons. The standard InChI is InChI=1S/C8H13N3O/c1-7(12-2)5-10-8-3-4-9-6-11-8/h3-4,6-7H,5H2,1-2H3,(H,9,10,11). The summed E-state index contributed by atoms with van der Waals surface area (Å²) in [6.07, 6.45) is 3.41. The minimum Gasteiger partial charge on any atom is -0.380 e. The van der Waals surface area contributed by atoms with Crippen LogP contribution in [0.2, 0.25) is 0 Å². The zero-order valence-corrected chi connectivity index (χ0v) is 7.32. The number of hydrogen-bond donors (Lipinski definition) is 1. The Labute approximate surface area is 72.0 Å². The van der Waals surface area contributed by atoms with Crippen molar-refractivity contribution in [2.45, 2.75) is 13.0 Å². The summed E-state index contributed by atoms with van der Waals surface area (Å²) >= 11 is 0. The highest BCUT2D eigenvalue weighted by molar-refractivity contribution is 5.31. The molecule has 0 fully saturated rings. The molecule has 1 unspecified atom stereocenters. The van der Waals surface area contributed by atoms with Gasteiger partial charge in [-0.05, 0) is 13.0 Å². The van der Waals surface area contributed by atoms with Crippen LogP contribution in [-0.2, 0) is 4.74 Å². The molecule has 1 aromatic rings. The number of aromatic nitrogens is 2. The van der Waals surface area contributed by atoms with Gasteiger partial charge in [-0.2, -0.15) is 0 Å². The van der Waals surface area contributed by atoms with Gasteiger partial charge >= 0.3 is 0 Å². The van der Waals surface area contributed by atoms with Crippen molar-refractivity contribution in [1.82, 2.24) is 9.97 Å². The zero-order valence-electron chi connectivity index (χ0n) is 7.32. The summed E-state index contributed by atoms with van der Waals surface area (Å²) in [4.78, 5) is 7.82. The average molecular weight is 167 g/mol. The summed E-state index contributed by atoms with van der Waals surface area (Å²) in [6, 6.07) is 1.82. The highest BCUT2D eigenvalue weighted by Gasteiger charge is 1.98. The first-order valence-corrected chi connectivity index (χ1v) is 3.85. The van der Waals surface area contributed by atoms with Crippen molar-refractivity contribution in [3.8, 4) is 0 Å². The van der Waals surface area contributed by atoms with Crippen molar-refractivity contribution in [3.63, 3.8) is 0 Å². The Morgan fingerprint density at radius 1 is 1.67 bits per heavy atom. The fourth-order valence-corrected chi connectivity index (χ4v) is 0.727. The third-order valence-corrected chi connectivity index (χ3v) is 1.55. The van der Waals surface area contributed by atoms with Gasteiger partial charge in [0.1, 0.15) is 12.1 Å². The van der Waals surface area contributed by atoms with Crippen LogP contribution in [0.4, 0.5) is 5.82 Å². The van der Waals surface area contributed by atoms with Crippen LogP contribution < -0.4 is 5.32 Å². The van der Waals surface area contributed by atoms with Gasteiger partial charge in [-0.1, -0.05) is 0 Å². The molecular formula is C8H13N3O. The van der Waals surface area contributed by atoms with E-state index in [0.29, 0.717) is 0 Å². The first-order chi connectivity index (χ1) is 5.83. The van der Waals surface area contributed by atoms with Crippen LogP contribution in [0.3, 0.4) is 0 Å². The molecule has 0 saturated carbocycles. The van der Waals surface area contributed by atoms with Gasteiger partial charge in [0.2, 0.25) is 0 Å². The Bertz CT molecular complexity index is 215. The van der Waals surface area contributed by atoms with Crippen molar-refractivity contribution in [2.75, 3.05) is 19.0 Å². The van der Waals surface area contributed by atoms with Gasteiger partial charge in [-0.25, -0.2) is 9.97 Å². The second-order valence-corrected chi connectivity index (χ2v) is 2.52. The third kappa shape index (κ3) is 2.84. The maximum absolute atomic E-state index is 5.07. The smallest absolute Gasteiger partial charge is 0.129 e. The number of methoxy groups -OCH3 is 1. The topological polar surface area (TPSA) is 47.0 Å². The fraction of sp³-hybridized carbons (Fsp3) is 0.500. The SMILES string of the molecule is COC(C)CNc1ccncn1.